The summed E-state index contributed by atoms with van der Waals surface area (Å²) < 4.78 is 53.7. The zero-order valence-electron chi connectivity index (χ0n) is 11.8. The molecular weight excluding hydrogens is 284 g/mol. The lowest BCUT2D eigenvalue weighted by atomic mass is 9.83. The minimum atomic E-state index is -3.45. The molecule has 1 saturated carbocycles. The van der Waals surface area contributed by atoms with E-state index >= 15 is 0 Å². The Kier molecular flexibility index (Phi) is 3.90. The van der Waals surface area contributed by atoms with Crippen LogP contribution >= 0.6 is 0 Å². The van der Waals surface area contributed by atoms with Crippen LogP contribution in [-0.2, 0) is 10.0 Å². The molecule has 2 rings (SSSR count). The second kappa shape index (κ2) is 5.07. The van der Waals surface area contributed by atoms with Crippen molar-refractivity contribution in [1.82, 2.24) is 4.72 Å². The average Bonchev–Trinajstić information content (AvgIpc) is 3.09. The zero-order valence-corrected chi connectivity index (χ0v) is 12.6. The van der Waals surface area contributed by atoms with Gasteiger partial charge in [0.05, 0.1) is 11.3 Å². The van der Waals surface area contributed by atoms with Crippen LogP contribution in [0, 0.1) is 17.0 Å². The third-order valence-electron chi connectivity index (χ3n) is 3.38. The molecule has 1 aromatic rings. The molecule has 0 amide bonds. The minimum absolute atomic E-state index is 0.170. The van der Waals surface area contributed by atoms with Crippen molar-refractivity contribution in [3.8, 4) is 0 Å². The summed E-state index contributed by atoms with van der Waals surface area (Å²) in [7, 11) is -3.45. The van der Waals surface area contributed by atoms with E-state index in [-0.39, 0.29) is 10.8 Å². The minimum Gasteiger partial charge on any atom is -0.212 e. The van der Waals surface area contributed by atoms with Crippen molar-refractivity contribution in [1.29, 1.82) is 0 Å². The number of rotatable bonds is 4. The quantitative estimate of drug-likeness (QED) is 0.929. The lowest BCUT2D eigenvalue weighted by molar-refractivity contribution is 0.296. The first kappa shape index (κ1) is 15.4. The van der Waals surface area contributed by atoms with Crippen molar-refractivity contribution in [3.63, 3.8) is 0 Å². The molecule has 3 nitrogen and oxygen atoms in total. The predicted molar refractivity (Wildman–Crippen MR) is 73.6 cm³/mol. The summed E-state index contributed by atoms with van der Waals surface area (Å²) in [5.41, 5.74) is -0.358. The van der Waals surface area contributed by atoms with Gasteiger partial charge < -0.3 is 0 Å². The maximum Gasteiger partial charge on any atom is 0.215 e. The summed E-state index contributed by atoms with van der Waals surface area (Å²) in [5.74, 6) is -1.41. The van der Waals surface area contributed by atoms with Crippen molar-refractivity contribution >= 4 is 10.0 Å². The monoisotopic (exact) mass is 303 g/mol. The largest absolute Gasteiger partial charge is 0.215 e. The van der Waals surface area contributed by atoms with Crippen molar-refractivity contribution in [2.75, 3.05) is 0 Å². The molecule has 1 atom stereocenters. The highest BCUT2D eigenvalue weighted by Gasteiger charge is 2.40. The second-order valence-electron chi connectivity index (χ2n) is 6.33. The first-order valence-corrected chi connectivity index (χ1v) is 8.12. The molecule has 1 N–H and O–H groups in total. The van der Waals surface area contributed by atoms with E-state index in [0.29, 0.717) is 12.8 Å². The summed E-state index contributed by atoms with van der Waals surface area (Å²) in [4.78, 5) is 0. The fourth-order valence-corrected chi connectivity index (χ4v) is 3.84. The molecule has 0 radical (unpaired) electrons. The Bertz CT molecular complexity index is 604. The van der Waals surface area contributed by atoms with Gasteiger partial charge in [-0.15, -0.1) is 0 Å². The van der Waals surface area contributed by atoms with Gasteiger partial charge in [-0.1, -0.05) is 26.8 Å². The standard InChI is InChI=1S/C14H19F2NO2S/c1-14(2,3)13(17-20(18,19)10-5-6-10)11-7-4-9(15)8-12(11)16/h4,7-8,10,13,17H,5-6H2,1-3H3. The van der Waals surface area contributed by atoms with Gasteiger partial charge in [-0.3, -0.25) is 0 Å². The highest BCUT2D eigenvalue weighted by Crippen LogP contribution is 2.37. The summed E-state index contributed by atoms with van der Waals surface area (Å²) in [6, 6.07) is 2.49. The van der Waals surface area contributed by atoms with E-state index in [1.807, 2.05) is 20.8 Å². The normalized spacial score (nSPS) is 18.1. The Balaban J connectivity index is 2.38. The van der Waals surface area contributed by atoms with E-state index in [1.165, 1.54) is 6.07 Å². The number of sulfonamides is 1. The molecule has 1 aliphatic rings. The second-order valence-corrected chi connectivity index (χ2v) is 8.32. The highest BCUT2D eigenvalue weighted by molar-refractivity contribution is 7.90. The topological polar surface area (TPSA) is 46.2 Å². The molecule has 0 aromatic heterocycles. The van der Waals surface area contributed by atoms with Crippen LogP contribution in [0.25, 0.3) is 0 Å². The molecule has 1 fully saturated rings. The van der Waals surface area contributed by atoms with Crippen LogP contribution in [0.15, 0.2) is 18.2 Å². The zero-order chi connectivity index (χ0) is 15.1. The van der Waals surface area contributed by atoms with Crippen LogP contribution in [0.4, 0.5) is 8.78 Å². The molecule has 0 heterocycles. The molecule has 1 aliphatic carbocycles. The van der Waals surface area contributed by atoms with Crippen LogP contribution in [0.1, 0.15) is 45.2 Å². The average molecular weight is 303 g/mol. The molecule has 112 valence electrons. The van der Waals surface area contributed by atoms with E-state index in [2.05, 4.69) is 4.72 Å². The van der Waals surface area contributed by atoms with Crippen LogP contribution in [0.3, 0.4) is 0 Å². The van der Waals surface area contributed by atoms with Crippen LogP contribution in [-0.4, -0.2) is 13.7 Å². The van der Waals surface area contributed by atoms with E-state index < -0.39 is 33.1 Å². The van der Waals surface area contributed by atoms with Crippen LogP contribution < -0.4 is 4.72 Å². The number of hydrogen-bond acceptors (Lipinski definition) is 2. The van der Waals surface area contributed by atoms with Crippen molar-refractivity contribution in [2.24, 2.45) is 5.41 Å². The van der Waals surface area contributed by atoms with Gasteiger partial charge >= 0.3 is 0 Å². The Labute approximate surface area is 118 Å². The number of nitrogens with one attached hydrogen (secondary N) is 1. The predicted octanol–water partition coefficient (Wildman–Crippen LogP) is 3.13. The van der Waals surface area contributed by atoms with Gasteiger partial charge in [0, 0.05) is 11.6 Å². The molecule has 1 aromatic carbocycles. The Morgan fingerprint density at radius 3 is 2.30 bits per heavy atom. The number of benzene rings is 1. The van der Waals surface area contributed by atoms with Crippen LogP contribution in [0.2, 0.25) is 0 Å². The molecule has 1 unspecified atom stereocenters. The van der Waals surface area contributed by atoms with Crippen LogP contribution in [0.5, 0.6) is 0 Å². The Morgan fingerprint density at radius 1 is 1.25 bits per heavy atom. The molecular formula is C14H19F2NO2S. The smallest absolute Gasteiger partial charge is 0.212 e. The lowest BCUT2D eigenvalue weighted by Gasteiger charge is -2.32. The summed E-state index contributed by atoms with van der Waals surface area (Å²) in [5, 5.41) is -0.379. The van der Waals surface area contributed by atoms with Gasteiger partial charge in [-0.25, -0.2) is 21.9 Å². The molecule has 6 heteroatoms. The first-order chi connectivity index (χ1) is 9.11. The molecule has 0 bridgehead atoms. The van der Waals surface area contributed by atoms with Gasteiger partial charge in [0.25, 0.3) is 0 Å². The SMILES string of the molecule is CC(C)(C)C(NS(=O)(=O)C1CC1)c1ccc(F)cc1F. The molecule has 0 saturated heterocycles. The number of halogens is 2. The third-order valence-corrected chi connectivity index (χ3v) is 5.30. The maximum absolute atomic E-state index is 13.9. The fraction of sp³-hybridized carbons (Fsp3) is 0.571. The van der Waals surface area contributed by atoms with Crippen molar-refractivity contribution < 1.29 is 17.2 Å². The van der Waals surface area contributed by atoms with Gasteiger partial charge in [0.2, 0.25) is 10.0 Å². The van der Waals surface area contributed by atoms with Gasteiger partial charge in [0.15, 0.2) is 0 Å². The van der Waals surface area contributed by atoms with E-state index in [9.17, 15) is 17.2 Å². The van der Waals surface area contributed by atoms with Gasteiger partial charge in [-0.2, -0.15) is 0 Å². The lowest BCUT2D eigenvalue weighted by Crippen LogP contribution is -2.38. The summed E-state index contributed by atoms with van der Waals surface area (Å²) >= 11 is 0. The van der Waals surface area contributed by atoms with E-state index in [0.717, 1.165) is 12.1 Å². The fourth-order valence-electron chi connectivity index (χ4n) is 2.08. The first-order valence-electron chi connectivity index (χ1n) is 6.57. The van der Waals surface area contributed by atoms with Crippen molar-refractivity contribution in [2.45, 2.75) is 44.9 Å². The molecule has 0 spiro atoms. The van der Waals surface area contributed by atoms with E-state index in [4.69, 9.17) is 0 Å². The third kappa shape index (κ3) is 3.35. The maximum atomic E-state index is 13.9. The molecule has 20 heavy (non-hydrogen) atoms. The van der Waals surface area contributed by atoms with Gasteiger partial charge in [0.1, 0.15) is 11.6 Å². The Morgan fingerprint density at radius 2 is 1.85 bits per heavy atom. The summed E-state index contributed by atoms with van der Waals surface area (Å²) in [6.45, 7) is 5.45. The van der Waals surface area contributed by atoms with Gasteiger partial charge in [-0.05, 0) is 24.3 Å². The number of hydrogen-bond donors (Lipinski definition) is 1. The van der Waals surface area contributed by atoms with Crippen molar-refractivity contribution in [3.05, 3.63) is 35.4 Å². The summed E-state index contributed by atoms with van der Waals surface area (Å²) in [6.07, 6.45) is 1.27. The Hall–Kier alpha value is -1.01. The molecule has 0 aliphatic heterocycles. The van der Waals surface area contributed by atoms with E-state index in [1.54, 1.807) is 0 Å². The highest BCUT2D eigenvalue weighted by atomic mass is 32.2.